The monoisotopic (exact) mass is 586 g/mol. The minimum atomic E-state index is -0.948. The van der Waals surface area contributed by atoms with Crippen LogP contribution in [0.2, 0.25) is 0 Å². The molecule has 1 fully saturated rings. The van der Waals surface area contributed by atoms with Gasteiger partial charge in [-0.2, -0.15) is 0 Å². The highest BCUT2D eigenvalue weighted by Crippen LogP contribution is 2.35. The molecule has 1 heterocycles. The Morgan fingerprint density at radius 3 is 2.46 bits per heavy atom. The van der Waals surface area contributed by atoms with Crippen molar-refractivity contribution in [2.45, 2.75) is 13.5 Å². The summed E-state index contributed by atoms with van der Waals surface area (Å²) in [7, 11) is 0. The lowest BCUT2D eigenvalue weighted by molar-refractivity contribution is 0.0697. The van der Waals surface area contributed by atoms with Crippen LogP contribution in [0.4, 0.5) is 11.4 Å². The van der Waals surface area contributed by atoms with Crippen LogP contribution in [0.25, 0.3) is 0 Å². The Morgan fingerprint density at radius 2 is 1.80 bits per heavy atom. The zero-order valence-corrected chi connectivity index (χ0v) is 21.6. The first-order valence-electron chi connectivity index (χ1n) is 11.4. The SMILES string of the molecule is CCOc1cc(C=Nc2ccc(N3CCOCC3)cc2)cc(I)c1OCc1ccc(C(=O)O)cc1. The average molecular weight is 586 g/mol. The van der Waals surface area contributed by atoms with Gasteiger partial charge in [-0.15, -0.1) is 0 Å². The zero-order valence-electron chi connectivity index (χ0n) is 19.4. The Bertz CT molecular complexity index is 1170. The molecule has 4 rings (SSSR count). The number of nitrogens with zero attached hydrogens (tertiary/aromatic N) is 2. The van der Waals surface area contributed by atoms with Crippen LogP contribution in [0, 0.1) is 3.57 Å². The number of anilines is 1. The topological polar surface area (TPSA) is 80.6 Å². The third-order valence-corrected chi connectivity index (χ3v) is 6.31. The molecule has 1 aliphatic rings. The van der Waals surface area contributed by atoms with Gasteiger partial charge in [0.25, 0.3) is 0 Å². The fraction of sp³-hybridized carbons (Fsp3) is 0.259. The molecule has 0 aromatic heterocycles. The number of hydrogen-bond donors (Lipinski definition) is 1. The molecule has 3 aromatic rings. The van der Waals surface area contributed by atoms with E-state index in [1.54, 1.807) is 24.3 Å². The van der Waals surface area contributed by atoms with E-state index in [4.69, 9.17) is 19.3 Å². The molecule has 0 radical (unpaired) electrons. The lowest BCUT2D eigenvalue weighted by Crippen LogP contribution is -2.36. The number of carboxylic acids is 1. The maximum atomic E-state index is 11.0. The predicted molar refractivity (Wildman–Crippen MR) is 145 cm³/mol. The van der Waals surface area contributed by atoms with Crippen molar-refractivity contribution in [2.24, 2.45) is 4.99 Å². The molecule has 0 amide bonds. The number of aromatic carboxylic acids is 1. The van der Waals surface area contributed by atoms with E-state index in [9.17, 15) is 4.79 Å². The first-order valence-corrected chi connectivity index (χ1v) is 12.5. The van der Waals surface area contributed by atoms with Gasteiger partial charge in [0.2, 0.25) is 0 Å². The maximum absolute atomic E-state index is 11.0. The molecule has 1 N–H and O–H groups in total. The summed E-state index contributed by atoms with van der Waals surface area (Å²) in [5, 5.41) is 9.06. The molecule has 1 aliphatic heterocycles. The number of rotatable bonds is 9. The van der Waals surface area contributed by atoms with E-state index in [0.717, 1.165) is 46.7 Å². The van der Waals surface area contributed by atoms with E-state index >= 15 is 0 Å². The third-order valence-electron chi connectivity index (χ3n) is 5.50. The summed E-state index contributed by atoms with van der Waals surface area (Å²) in [6, 6.07) is 18.8. The highest BCUT2D eigenvalue weighted by Gasteiger charge is 2.13. The molecule has 7 nitrogen and oxygen atoms in total. The summed E-state index contributed by atoms with van der Waals surface area (Å²) < 4.78 is 18.2. The number of morpholine rings is 1. The molecule has 0 spiro atoms. The van der Waals surface area contributed by atoms with Crippen LogP contribution in [0.15, 0.2) is 65.7 Å². The van der Waals surface area contributed by atoms with Crippen LogP contribution < -0.4 is 14.4 Å². The number of ether oxygens (including phenoxy) is 3. The van der Waals surface area contributed by atoms with Crippen LogP contribution in [-0.4, -0.2) is 50.2 Å². The Labute approximate surface area is 218 Å². The van der Waals surface area contributed by atoms with Crippen molar-refractivity contribution in [2.75, 3.05) is 37.8 Å². The smallest absolute Gasteiger partial charge is 0.335 e. The predicted octanol–water partition coefficient (Wildman–Crippen LogP) is 5.55. The fourth-order valence-corrected chi connectivity index (χ4v) is 4.47. The molecule has 0 unspecified atom stereocenters. The first-order chi connectivity index (χ1) is 17.0. The number of aliphatic imine (C=N–C) groups is 1. The summed E-state index contributed by atoms with van der Waals surface area (Å²) in [6.45, 7) is 6.07. The summed E-state index contributed by atoms with van der Waals surface area (Å²) >= 11 is 2.23. The van der Waals surface area contributed by atoms with Crippen LogP contribution in [0.3, 0.4) is 0 Å². The average Bonchev–Trinajstić information content (AvgIpc) is 2.88. The van der Waals surface area contributed by atoms with Gasteiger partial charge in [-0.1, -0.05) is 12.1 Å². The van der Waals surface area contributed by atoms with Crippen molar-refractivity contribution < 1.29 is 24.1 Å². The van der Waals surface area contributed by atoms with Crippen LogP contribution in [0.1, 0.15) is 28.4 Å². The van der Waals surface area contributed by atoms with Gasteiger partial charge < -0.3 is 24.2 Å². The van der Waals surface area contributed by atoms with Gasteiger partial charge in [0.1, 0.15) is 6.61 Å². The van der Waals surface area contributed by atoms with Gasteiger partial charge >= 0.3 is 5.97 Å². The second-order valence-electron chi connectivity index (χ2n) is 7.93. The maximum Gasteiger partial charge on any atom is 0.335 e. The van der Waals surface area contributed by atoms with Gasteiger partial charge in [-0.05, 0) is 89.2 Å². The number of carbonyl (C=O) groups is 1. The lowest BCUT2D eigenvalue weighted by Gasteiger charge is -2.28. The number of hydrogen-bond acceptors (Lipinski definition) is 6. The first kappa shape index (κ1) is 25.0. The molecule has 182 valence electrons. The summed E-state index contributed by atoms with van der Waals surface area (Å²) in [5.41, 5.74) is 4.09. The van der Waals surface area contributed by atoms with E-state index in [1.807, 2.05) is 37.4 Å². The van der Waals surface area contributed by atoms with Crippen LogP contribution in [-0.2, 0) is 11.3 Å². The summed E-state index contributed by atoms with van der Waals surface area (Å²) in [5.74, 6) is 0.350. The molecule has 3 aromatic carbocycles. The number of benzene rings is 3. The molecule has 8 heteroatoms. The molecule has 0 atom stereocenters. The van der Waals surface area contributed by atoms with Crippen molar-refractivity contribution in [3.63, 3.8) is 0 Å². The molecular formula is C27H27IN2O5. The Hall–Kier alpha value is -3.11. The molecule has 0 saturated carbocycles. The van der Waals surface area contributed by atoms with Crippen molar-refractivity contribution in [3.05, 3.63) is 80.9 Å². The second kappa shape index (κ2) is 12.0. The Balaban J connectivity index is 1.46. The van der Waals surface area contributed by atoms with E-state index < -0.39 is 5.97 Å². The number of carboxylic acid groups (broad SMARTS) is 1. The summed E-state index contributed by atoms with van der Waals surface area (Å²) in [4.78, 5) is 18.0. The van der Waals surface area contributed by atoms with Gasteiger partial charge in [0, 0.05) is 25.0 Å². The minimum Gasteiger partial charge on any atom is -0.490 e. The van der Waals surface area contributed by atoms with Gasteiger partial charge in [0.05, 0.1) is 34.6 Å². The third kappa shape index (κ3) is 6.73. The van der Waals surface area contributed by atoms with Gasteiger partial charge in [-0.3, -0.25) is 4.99 Å². The van der Waals surface area contributed by atoms with Crippen molar-refractivity contribution in [1.29, 1.82) is 0 Å². The number of halogens is 1. The summed E-state index contributed by atoms with van der Waals surface area (Å²) in [6.07, 6.45) is 1.82. The normalized spacial score (nSPS) is 13.7. The molecule has 0 bridgehead atoms. The van der Waals surface area contributed by atoms with Crippen molar-refractivity contribution >= 4 is 46.1 Å². The largest absolute Gasteiger partial charge is 0.490 e. The second-order valence-corrected chi connectivity index (χ2v) is 9.09. The quantitative estimate of drug-likeness (QED) is 0.262. The molecule has 0 aliphatic carbocycles. The van der Waals surface area contributed by atoms with E-state index in [0.29, 0.717) is 24.7 Å². The fourth-order valence-electron chi connectivity index (χ4n) is 3.68. The van der Waals surface area contributed by atoms with Crippen molar-refractivity contribution in [3.8, 4) is 11.5 Å². The Kier molecular flexibility index (Phi) is 8.59. The minimum absolute atomic E-state index is 0.248. The van der Waals surface area contributed by atoms with Gasteiger partial charge in [0.15, 0.2) is 11.5 Å². The van der Waals surface area contributed by atoms with Crippen LogP contribution >= 0.6 is 22.6 Å². The van der Waals surface area contributed by atoms with Crippen molar-refractivity contribution in [1.82, 2.24) is 0 Å². The molecule has 35 heavy (non-hydrogen) atoms. The molecular weight excluding hydrogens is 559 g/mol. The molecule has 1 saturated heterocycles. The highest BCUT2D eigenvalue weighted by molar-refractivity contribution is 14.1. The van der Waals surface area contributed by atoms with E-state index in [1.165, 1.54) is 5.69 Å². The zero-order chi connectivity index (χ0) is 24.6. The van der Waals surface area contributed by atoms with E-state index in [2.05, 4.69) is 44.6 Å². The Morgan fingerprint density at radius 1 is 1.09 bits per heavy atom. The van der Waals surface area contributed by atoms with Gasteiger partial charge in [-0.25, -0.2) is 4.79 Å². The van der Waals surface area contributed by atoms with E-state index in [-0.39, 0.29) is 5.56 Å². The standard InChI is InChI=1S/C27H27IN2O5/c1-2-34-25-16-20(17-29-22-7-9-23(10-8-22)30-11-13-33-14-12-30)15-24(28)26(25)35-18-19-3-5-21(6-4-19)27(31)32/h3-10,15-17H,2,11-14,18H2,1H3,(H,31,32). The van der Waals surface area contributed by atoms with Crippen LogP contribution in [0.5, 0.6) is 11.5 Å². The highest BCUT2D eigenvalue weighted by atomic mass is 127. The lowest BCUT2D eigenvalue weighted by atomic mass is 10.1.